The molecule has 0 aromatic heterocycles. The van der Waals surface area contributed by atoms with Gasteiger partial charge in [-0.05, 0) is 63.8 Å². The van der Waals surface area contributed by atoms with Crippen LogP contribution in [0.25, 0.3) is 0 Å². The Morgan fingerprint density at radius 1 is 0.667 bits per heavy atom. The third-order valence-electron chi connectivity index (χ3n) is 5.50. The van der Waals surface area contributed by atoms with Crippen LogP contribution in [0, 0.1) is 11.8 Å². The van der Waals surface area contributed by atoms with Gasteiger partial charge in [-0.1, -0.05) is 26.7 Å². The molecule has 30 heavy (non-hydrogen) atoms. The lowest BCUT2D eigenvalue weighted by molar-refractivity contribution is -0.121. The van der Waals surface area contributed by atoms with Crippen LogP contribution < -0.4 is 10.6 Å². The van der Waals surface area contributed by atoms with Crippen molar-refractivity contribution in [3.05, 3.63) is 35.4 Å². The number of carbonyl (C=O) groups is 4. The number of nitrogens with one attached hydrogen (secondary N) is 2. The van der Waals surface area contributed by atoms with E-state index < -0.39 is 0 Å². The molecule has 2 amide bonds. The number of Topliss-reactive ketones (excluding diaryl/α,β-unsaturated/α-hetero) is 2. The van der Waals surface area contributed by atoms with E-state index in [1.807, 2.05) is 13.8 Å². The Morgan fingerprint density at radius 2 is 1.00 bits per heavy atom. The number of rotatable bonds is 14. The molecule has 0 bridgehead atoms. The lowest BCUT2D eigenvalue weighted by atomic mass is 10.0. The van der Waals surface area contributed by atoms with E-state index in [1.54, 1.807) is 38.1 Å². The summed E-state index contributed by atoms with van der Waals surface area (Å²) in [7, 11) is 0. The Labute approximate surface area is 180 Å². The van der Waals surface area contributed by atoms with Crippen molar-refractivity contribution >= 4 is 23.4 Å². The standard InChI is InChI=1S/C24H36N2O4/c1-17(19(3)27)9-5-7-15-25-23(29)21-11-13-22(14-12-21)24(30)26-16-8-6-10-18(2)20(4)28/h11-14,17-18H,5-10,15-16H2,1-4H3,(H,25,29)(H,26,30). The molecule has 0 saturated carbocycles. The van der Waals surface area contributed by atoms with E-state index >= 15 is 0 Å². The maximum absolute atomic E-state index is 12.2. The fraction of sp³-hybridized carbons (Fsp3) is 0.583. The molecule has 0 aliphatic heterocycles. The van der Waals surface area contributed by atoms with Crippen LogP contribution in [-0.2, 0) is 9.59 Å². The molecule has 1 aromatic rings. The molecule has 0 spiro atoms. The largest absolute Gasteiger partial charge is 0.352 e. The molecule has 0 aliphatic carbocycles. The van der Waals surface area contributed by atoms with Crippen molar-refractivity contribution in [3.8, 4) is 0 Å². The van der Waals surface area contributed by atoms with Crippen LogP contribution in [-0.4, -0.2) is 36.5 Å². The Bertz CT molecular complexity index is 651. The first-order chi connectivity index (χ1) is 14.2. The number of hydrogen-bond acceptors (Lipinski definition) is 4. The monoisotopic (exact) mass is 416 g/mol. The molecule has 6 nitrogen and oxygen atoms in total. The lowest BCUT2D eigenvalue weighted by Gasteiger charge is -2.09. The highest BCUT2D eigenvalue weighted by molar-refractivity contribution is 5.97. The van der Waals surface area contributed by atoms with Crippen LogP contribution in [0.3, 0.4) is 0 Å². The van der Waals surface area contributed by atoms with Gasteiger partial charge in [-0.3, -0.25) is 19.2 Å². The number of ketones is 2. The second kappa shape index (κ2) is 13.7. The van der Waals surface area contributed by atoms with E-state index in [-0.39, 0.29) is 35.2 Å². The molecule has 0 heterocycles. The zero-order valence-corrected chi connectivity index (χ0v) is 18.8. The van der Waals surface area contributed by atoms with Gasteiger partial charge in [0, 0.05) is 36.1 Å². The maximum Gasteiger partial charge on any atom is 0.251 e. The van der Waals surface area contributed by atoms with E-state index in [2.05, 4.69) is 10.6 Å². The summed E-state index contributed by atoms with van der Waals surface area (Å²) in [5, 5.41) is 5.73. The predicted octanol–water partition coefficient (Wildman–Crippen LogP) is 3.94. The molecule has 0 fully saturated rings. The van der Waals surface area contributed by atoms with Gasteiger partial charge in [0.2, 0.25) is 0 Å². The highest BCUT2D eigenvalue weighted by Crippen LogP contribution is 2.10. The fourth-order valence-corrected chi connectivity index (χ4v) is 2.94. The van der Waals surface area contributed by atoms with Crippen molar-refractivity contribution in [2.75, 3.05) is 13.1 Å². The van der Waals surface area contributed by atoms with Gasteiger partial charge in [-0.2, -0.15) is 0 Å². The molecule has 2 atom stereocenters. The zero-order valence-electron chi connectivity index (χ0n) is 18.8. The summed E-state index contributed by atoms with van der Waals surface area (Å²) in [6, 6.07) is 6.60. The molecule has 0 radical (unpaired) electrons. The SMILES string of the molecule is CC(=O)C(C)CCCCNC(=O)c1ccc(C(=O)NCCCCC(C)C(C)=O)cc1. The number of unbranched alkanes of at least 4 members (excludes halogenated alkanes) is 2. The third-order valence-corrected chi connectivity index (χ3v) is 5.50. The van der Waals surface area contributed by atoms with Crippen molar-refractivity contribution in [2.45, 2.75) is 66.2 Å². The average molecular weight is 417 g/mol. The average Bonchev–Trinajstić information content (AvgIpc) is 2.72. The van der Waals surface area contributed by atoms with Crippen molar-refractivity contribution in [1.29, 1.82) is 0 Å². The molecule has 0 aliphatic rings. The summed E-state index contributed by atoms with van der Waals surface area (Å²) in [5.41, 5.74) is 1.03. The van der Waals surface area contributed by atoms with Gasteiger partial charge < -0.3 is 10.6 Å². The maximum atomic E-state index is 12.2. The van der Waals surface area contributed by atoms with Gasteiger partial charge in [0.05, 0.1) is 0 Å². The van der Waals surface area contributed by atoms with Gasteiger partial charge in [0.15, 0.2) is 0 Å². The Balaban J connectivity index is 2.29. The Morgan fingerprint density at radius 3 is 1.30 bits per heavy atom. The lowest BCUT2D eigenvalue weighted by Crippen LogP contribution is -2.26. The van der Waals surface area contributed by atoms with Crippen molar-refractivity contribution in [3.63, 3.8) is 0 Å². The molecule has 1 rings (SSSR count). The molecule has 2 N–H and O–H groups in total. The minimum Gasteiger partial charge on any atom is -0.352 e. The topological polar surface area (TPSA) is 92.3 Å². The van der Waals surface area contributed by atoms with Crippen LogP contribution >= 0.6 is 0 Å². The van der Waals surface area contributed by atoms with E-state index in [4.69, 9.17) is 0 Å². The van der Waals surface area contributed by atoms with E-state index in [1.165, 1.54) is 0 Å². The van der Waals surface area contributed by atoms with Crippen molar-refractivity contribution < 1.29 is 19.2 Å². The van der Waals surface area contributed by atoms with E-state index in [0.717, 1.165) is 38.5 Å². The summed E-state index contributed by atoms with van der Waals surface area (Å²) in [6.07, 6.45) is 5.13. The summed E-state index contributed by atoms with van der Waals surface area (Å²) < 4.78 is 0. The second-order valence-corrected chi connectivity index (χ2v) is 8.10. The second-order valence-electron chi connectivity index (χ2n) is 8.10. The Hall–Kier alpha value is -2.50. The highest BCUT2D eigenvalue weighted by atomic mass is 16.2. The van der Waals surface area contributed by atoms with E-state index in [0.29, 0.717) is 24.2 Å². The van der Waals surface area contributed by atoms with E-state index in [9.17, 15) is 19.2 Å². The first-order valence-electron chi connectivity index (χ1n) is 10.9. The fourth-order valence-electron chi connectivity index (χ4n) is 2.94. The van der Waals surface area contributed by atoms with Crippen LogP contribution in [0.5, 0.6) is 0 Å². The van der Waals surface area contributed by atoms with Crippen molar-refractivity contribution in [2.24, 2.45) is 11.8 Å². The van der Waals surface area contributed by atoms with Crippen LogP contribution in [0.1, 0.15) is 86.9 Å². The summed E-state index contributed by atoms with van der Waals surface area (Å²) in [5.74, 6) is 0.214. The van der Waals surface area contributed by atoms with Crippen LogP contribution in [0.15, 0.2) is 24.3 Å². The van der Waals surface area contributed by atoms with Crippen LogP contribution in [0.4, 0.5) is 0 Å². The smallest absolute Gasteiger partial charge is 0.251 e. The zero-order chi connectivity index (χ0) is 22.5. The van der Waals surface area contributed by atoms with Gasteiger partial charge in [0.1, 0.15) is 11.6 Å². The first-order valence-corrected chi connectivity index (χ1v) is 10.9. The predicted molar refractivity (Wildman–Crippen MR) is 119 cm³/mol. The quantitative estimate of drug-likeness (QED) is 0.449. The normalized spacial score (nSPS) is 12.7. The number of benzene rings is 1. The molecular weight excluding hydrogens is 380 g/mol. The van der Waals surface area contributed by atoms with Gasteiger partial charge in [-0.15, -0.1) is 0 Å². The minimum atomic E-state index is -0.166. The van der Waals surface area contributed by atoms with Gasteiger partial charge in [-0.25, -0.2) is 0 Å². The molecule has 0 saturated heterocycles. The van der Waals surface area contributed by atoms with Crippen LogP contribution in [0.2, 0.25) is 0 Å². The first kappa shape index (κ1) is 25.5. The number of hydrogen-bond donors (Lipinski definition) is 2. The van der Waals surface area contributed by atoms with Gasteiger partial charge in [0.25, 0.3) is 11.8 Å². The number of carbonyl (C=O) groups excluding carboxylic acids is 4. The molecule has 1 aromatic carbocycles. The molecular formula is C24H36N2O4. The van der Waals surface area contributed by atoms with Crippen molar-refractivity contribution in [1.82, 2.24) is 10.6 Å². The highest BCUT2D eigenvalue weighted by Gasteiger charge is 2.10. The minimum absolute atomic E-state index is 0.0727. The molecule has 166 valence electrons. The molecule has 6 heteroatoms. The van der Waals surface area contributed by atoms with Gasteiger partial charge >= 0.3 is 0 Å². The number of amides is 2. The summed E-state index contributed by atoms with van der Waals surface area (Å²) in [4.78, 5) is 46.8. The Kier molecular flexibility index (Phi) is 11.6. The summed E-state index contributed by atoms with van der Waals surface area (Å²) >= 11 is 0. The third kappa shape index (κ3) is 9.81. The molecule has 2 unspecified atom stereocenters. The summed E-state index contributed by atoms with van der Waals surface area (Å²) in [6.45, 7) is 8.19.